The Morgan fingerprint density at radius 1 is 0.738 bits per heavy atom. The summed E-state index contributed by atoms with van der Waals surface area (Å²) in [6.45, 7) is 6.27. The number of rotatable bonds is 30. The number of aromatic nitrogens is 2. The predicted octanol–water partition coefficient (Wildman–Crippen LogP) is -2.18. The molecule has 61 heavy (non-hydrogen) atoms. The van der Waals surface area contributed by atoms with Crippen molar-refractivity contribution in [3.05, 3.63) is 54.1 Å². The maximum Gasteiger partial charge on any atom is 0.313 e. The fourth-order valence-corrected chi connectivity index (χ4v) is 5.76. The highest BCUT2D eigenvalue weighted by atomic mass is 16.7. The second-order valence-corrected chi connectivity index (χ2v) is 14.6. The van der Waals surface area contributed by atoms with Crippen LogP contribution in [0.4, 0.5) is 0 Å². The Morgan fingerprint density at radius 2 is 1.34 bits per heavy atom. The molecule has 0 aliphatic rings. The number of hydrogen-bond acceptors (Lipinski definition) is 13. The van der Waals surface area contributed by atoms with Crippen LogP contribution in [0.5, 0.6) is 0 Å². The summed E-state index contributed by atoms with van der Waals surface area (Å²) in [4.78, 5) is 111. The van der Waals surface area contributed by atoms with E-state index < -0.39 is 77.1 Å². The summed E-state index contributed by atoms with van der Waals surface area (Å²) in [6.07, 6.45) is 5.85. The molecule has 0 saturated heterocycles. The number of hydrazine groups is 1. The van der Waals surface area contributed by atoms with E-state index in [9.17, 15) is 33.6 Å². The number of amides is 4. The molecule has 2 aromatic rings. The number of ketones is 3. The van der Waals surface area contributed by atoms with Crippen LogP contribution in [0.15, 0.2) is 52.8 Å². The number of aromatic amines is 1. The third-order valence-electron chi connectivity index (χ3n) is 9.11. The topological polar surface area (TPSA) is 358 Å². The lowest BCUT2D eigenvalue weighted by Gasteiger charge is -2.28. The van der Waals surface area contributed by atoms with Gasteiger partial charge in [0.2, 0.25) is 29.3 Å². The Kier molecular flexibility index (Phi) is 22.9. The molecule has 0 aliphatic carbocycles. The van der Waals surface area contributed by atoms with E-state index in [1.165, 1.54) is 25.0 Å². The number of guanidine groups is 2. The highest BCUT2D eigenvalue weighted by Crippen LogP contribution is 2.09. The Bertz CT molecular complexity index is 1780. The number of nitrogens with one attached hydrogen (secondary N) is 7. The predicted molar refractivity (Wildman–Crippen MR) is 226 cm³/mol. The van der Waals surface area contributed by atoms with Crippen LogP contribution in [-0.4, -0.2) is 113 Å². The number of hydroxylamine groups is 1. The lowest BCUT2D eigenvalue weighted by Crippen LogP contribution is -2.61. The number of unbranched alkanes of at least 4 members (excludes halogenated alkanes) is 1. The molecule has 1 aromatic carbocycles. The number of Topliss-reactive ketones (excluding diaryl/α,β-unsaturated/α-hetero) is 3. The standard InChI is InChI=1S/C39H62N14O8/c1-23(2)31(36(59)49-28(33(56)25(4)54)15-10-17-45-38(40)41)50-34(57)29(16-11-18-46-39(42)43)51-52-30(20-27-21-44-22-47-27)35(58)48-24(3)32(55)37(60)53-61-19-9-8-14-26-12-6-5-7-13-26/h5-7,12-13,21-24,28-31,51-52H,8-11,14-20H2,1-4H3,(H,44,47)(H,48,58)(H,49,59)(H,50,57)(H,53,60)(H4,40,41,45)(H4,42,43,46)/t24-,28-,29-,30-,31-/m1/s1. The first-order valence-corrected chi connectivity index (χ1v) is 20.0. The van der Waals surface area contributed by atoms with Crippen LogP contribution in [0, 0.1) is 5.92 Å². The normalized spacial score (nSPS) is 13.4. The summed E-state index contributed by atoms with van der Waals surface area (Å²) in [5, 5.41) is 7.82. The number of nitrogens with zero attached hydrogens (tertiary/aromatic N) is 3. The molecule has 0 aliphatic heterocycles. The quantitative estimate of drug-likeness (QED) is 0.0131. The number of carbonyl (C=O) groups excluding carboxylic acids is 7. The molecule has 1 heterocycles. The fraction of sp³-hybridized carbons (Fsp3) is 0.538. The summed E-state index contributed by atoms with van der Waals surface area (Å²) in [5.74, 6) is -6.49. The average Bonchev–Trinajstić information content (AvgIpc) is 3.73. The number of nitrogens with two attached hydrogens (primary N) is 4. The molecular weight excluding hydrogens is 793 g/mol. The van der Waals surface area contributed by atoms with Gasteiger partial charge in [-0.25, -0.2) is 21.3 Å². The van der Waals surface area contributed by atoms with Gasteiger partial charge in [0.25, 0.3) is 0 Å². The van der Waals surface area contributed by atoms with Gasteiger partial charge in [0, 0.05) is 38.3 Å². The molecule has 0 fully saturated rings. The van der Waals surface area contributed by atoms with Crippen molar-refractivity contribution in [2.24, 2.45) is 38.8 Å². The molecule has 0 bridgehead atoms. The molecule has 336 valence electrons. The van der Waals surface area contributed by atoms with Gasteiger partial charge in [-0.2, -0.15) is 0 Å². The first-order valence-electron chi connectivity index (χ1n) is 20.0. The highest BCUT2D eigenvalue weighted by Gasteiger charge is 2.33. The van der Waals surface area contributed by atoms with Crippen molar-refractivity contribution in [2.45, 2.75) is 109 Å². The van der Waals surface area contributed by atoms with Crippen LogP contribution in [0.2, 0.25) is 0 Å². The SMILES string of the molecule is CC(=O)C(=O)[C@@H](CCCN=C(N)N)NC(=O)[C@H](NC(=O)[C@@H](CCCN=C(N)N)NN[C@H](Cc1cnc[nH]1)C(=O)N[C@H](C)C(=O)C(=O)NOCCCCc1ccccc1)C(C)C. The summed E-state index contributed by atoms with van der Waals surface area (Å²) >= 11 is 0. The molecule has 0 saturated carbocycles. The van der Waals surface area contributed by atoms with E-state index in [0.29, 0.717) is 12.1 Å². The van der Waals surface area contributed by atoms with Crippen molar-refractivity contribution in [1.82, 2.24) is 42.3 Å². The number of carbonyl (C=O) groups is 7. The molecular formula is C39H62N14O8. The van der Waals surface area contributed by atoms with E-state index in [1.807, 2.05) is 30.3 Å². The van der Waals surface area contributed by atoms with Gasteiger partial charge in [-0.1, -0.05) is 44.2 Å². The molecule has 0 spiro atoms. The summed E-state index contributed by atoms with van der Waals surface area (Å²) in [7, 11) is 0. The second kappa shape index (κ2) is 27.5. The van der Waals surface area contributed by atoms with Crippen LogP contribution in [0.1, 0.15) is 77.5 Å². The number of aryl methyl sites for hydroxylation is 1. The van der Waals surface area contributed by atoms with Gasteiger partial charge in [-0.05, 0) is 63.4 Å². The van der Waals surface area contributed by atoms with Crippen LogP contribution in [0.3, 0.4) is 0 Å². The minimum atomic E-state index is -1.27. The maximum atomic E-state index is 13.9. The third-order valence-corrected chi connectivity index (χ3v) is 9.11. The van der Waals surface area contributed by atoms with Crippen molar-refractivity contribution in [3.63, 3.8) is 0 Å². The van der Waals surface area contributed by atoms with Crippen LogP contribution in [-0.2, 0) is 51.2 Å². The molecule has 4 amide bonds. The Morgan fingerprint density at radius 3 is 1.92 bits per heavy atom. The first kappa shape index (κ1) is 50.9. The van der Waals surface area contributed by atoms with Crippen molar-refractivity contribution in [2.75, 3.05) is 19.7 Å². The molecule has 5 atom stereocenters. The minimum absolute atomic E-state index is 0.00779. The van der Waals surface area contributed by atoms with Crippen LogP contribution in [0.25, 0.3) is 0 Å². The van der Waals surface area contributed by atoms with Gasteiger partial charge in [0.1, 0.15) is 18.1 Å². The largest absolute Gasteiger partial charge is 0.370 e. The molecule has 22 nitrogen and oxygen atoms in total. The molecule has 0 unspecified atom stereocenters. The van der Waals surface area contributed by atoms with Crippen molar-refractivity contribution >= 4 is 52.9 Å². The number of H-pyrrole nitrogens is 1. The highest BCUT2D eigenvalue weighted by molar-refractivity contribution is 6.38. The van der Waals surface area contributed by atoms with Crippen LogP contribution < -0.4 is 55.2 Å². The van der Waals surface area contributed by atoms with E-state index in [2.05, 4.69) is 52.2 Å². The maximum absolute atomic E-state index is 13.9. The van der Waals surface area contributed by atoms with E-state index >= 15 is 0 Å². The number of imidazole rings is 1. The van der Waals surface area contributed by atoms with Gasteiger partial charge in [-0.15, -0.1) is 0 Å². The lowest BCUT2D eigenvalue weighted by molar-refractivity contribution is -0.147. The summed E-state index contributed by atoms with van der Waals surface area (Å²) < 4.78 is 0. The summed E-state index contributed by atoms with van der Waals surface area (Å²) in [5.41, 5.74) is 31.2. The van der Waals surface area contributed by atoms with Crippen molar-refractivity contribution < 1.29 is 38.4 Å². The van der Waals surface area contributed by atoms with E-state index in [4.69, 9.17) is 27.8 Å². The molecule has 1 aromatic heterocycles. The van der Waals surface area contributed by atoms with Gasteiger partial charge in [0.05, 0.1) is 25.0 Å². The molecule has 0 radical (unpaired) electrons. The van der Waals surface area contributed by atoms with Gasteiger partial charge < -0.3 is 43.9 Å². The monoisotopic (exact) mass is 854 g/mol. The zero-order chi connectivity index (χ0) is 45.3. The first-order chi connectivity index (χ1) is 29.0. The number of hydrogen-bond donors (Lipinski definition) is 11. The molecule has 2 rings (SSSR count). The van der Waals surface area contributed by atoms with E-state index in [0.717, 1.165) is 19.8 Å². The van der Waals surface area contributed by atoms with Gasteiger partial charge in [0.15, 0.2) is 17.7 Å². The molecule has 15 N–H and O–H groups in total. The Balaban J connectivity index is 2.15. The van der Waals surface area contributed by atoms with Gasteiger partial charge in [-0.3, -0.25) is 48.4 Å². The van der Waals surface area contributed by atoms with Crippen molar-refractivity contribution in [1.29, 1.82) is 0 Å². The summed E-state index contributed by atoms with van der Waals surface area (Å²) in [6, 6.07) is 3.99. The van der Waals surface area contributed by atoms with E-state index in [1.54, 1.807) is 13.8 Å². The Labute approximate surface area is 354 Å². The average molecular weight is 855 g/mol. The van der Waals surface area contributed by atoms with E-state index in [-0.39, 0.29) is 63.7 Å². The number of aliphatic imine (C=N–C) groups is 2. The minimum Gasteiger partial charge on any atom is -0.370 e. The molecule has 22 heteroatoms. The second-order valence-electron chi connectivity index (χ2n) is 14.6. The van der Waals surface area contributed by atoms with Crippen molar-refractivity contribution in [3.8, 4) is 0 Å². The fourth-order valence-electron chi connectivity index (χ4n) is 5.76. The smallest absolute Gasteiger partial charge is 0.313 e. The third kappa shape index (κ3) is 20.0. The lowest BCUT2D eigenvalue weighted by atomic mass is 9.99. The van der Waals surface area contributed by atoms with Crippen LogP contribution >= 0.6 is 0 Å². The number of benzene rings is 1. The van der Waals surface area contributed by atoms with Gasteiger partial charge >= 0.3 is 5.91 Å². The Hall–Kier alpha value is -6.26. The zero-order valence-electron chi connectivity index (χ0n) is 35.2. The zero-order valence-corrected chi connectivity index (χ0v) is 35.2.